The number of nitrogens with two attached hydrogens (primary N) is 3. The van der Waals surface area contributed by atoms with Crippen molar-refractivity contribution in [1.29, 1.82) is 0 Å². The maximum Gasteiger partial charge on any atom is 0.250 e. The van der Waals surface area contributed by atoms with E-state index < -0.39 is 11.8 Å². The molecule has 0 bridgehead atoms. The Morgan fingerprint density at radius 1 is 1.28 bits per heavy atom. The van der Waals surface area contributed by atoms with Crippen molar-refractivity contribution >= 4 is 23.2 Å². The molecule has 2 amide bonds. The molecule has 7 N–H and O–H groups in total. The summed E-state index contributed by atoms with van der Waals surface area (Å²) in [7, 11) is 0. The van der Waals surface area contributed by atoms with Crippen molar-refractivity contribution in [3.8, 4) is 0 Å². The van der Waals surface area contributed by atoms with Crippen LogP contribution in [0, 0.1) is 0 Å². The highest BCUT2D eigenvalue weighted by molar-refractivity contribution is 5.99. The number of anilines is 2. The molecular weight excluding hydrogens is 236 g/mol. The van der Waals surface area contributed by atoms with E-state index in [0.717, 1.165) is 0 Å². The van der Waals surface area contributed by atoms with E-state index >= 15 is 0 Å². The highest BCUT2D eigenvalue weighted by Gasteiger charge is 2.07. The van der Waals surface area contributed by atoms with Crippen LogP contribution >= 0.6 is 0 Å². The molecule has 0 saturated heterocycles. The van der Waals surface area contributed by atoms with Gasteiger partial charge in [-0.05, 0) is 18.2 Å². The predicted octanol–water partition coefficient (Wildman–Crippen LogP) is -0.718. The highest BCUT2D eigenvalue weighted by atomic mass is 16.5. The fraction of sp³-hybridized carbons (Fsp3) is 0.273. The molecule has 0 heterocycles. The Labute approximate surface area is 104 Å². The van der Waals surface area contributed by atoms with Crippen LogP contribution in [-0.2, 0) is 9.53 Å². The number of ether oxygens (including phenoxy) is 1. The van der Waals surface area contributed by atoms with Crippen molar-refractivity contribution < 1.29 is 14.3 Å². The summed E-state index contributed by atoms with van der Waals surface area (Å²) in [5.74, 6) is -1.09. The number of carbonyl (C=O) groups is 2. The van der Waals surface area contributed by atoms with Gasteiger partial charge in [-0.3, -0.25) is 9.59 Å². The number of primary amides is 2. The predicted molar refractivity (Wildman–Crippen MR) is 67.9 cm³/mol. The Balaban J connectivity index is 2.51. The van der Waals surface area contributed by atoms with Crippen LogP contribution in [0.15, 0.2) is 18.2 Å². The third-order valence-electron chi connectivity index (χ3n) is 2.12. The molecule has 0 saturated carbocycles. The minimum Gasteiger partial charge on any atom is -0.399 e. The SMILES string of the molecule is NC(=O)COCCNc1ccc(N)cc1C(N)=O. The molecule has 0 fully saturated rings. The van der Waals surface area contributed by atoms with Gasteiger partial charge in [0.25, 0.3) is 5.91 Å². The molecule has 1 aromatic carbocycles. The molecule has 0 aromatic heterocycles. The first-order valence-corrected chi connectivity index (χ1v) is 5.30. The van der Waals surface area contributed by atoms with Crippen LogP contribution in [-0.4, -0.2) is 31.6 Å². The Bertz CT molecular complexity index is 448. The van der Waals surface area contributed by atoms with E-state index in [-0.39, 0.29) is 13.2 Å². The van der Waals surface area contributed by atoms with E-state index in [1.807, 2.05) is 0 Å². The molecule has 7 nitrogen and oxygen atoms in total. The van der Waals surface area contributed by atoms with Gasteiger partial charge in [0.1, 0.15) is 6.61 Å². The average Bonchev–Trinajstić information content (AvgIpc) is 2.29. The second-order valence-electron chi connectivity index (χ2n) is 3.61. The number of nitrogens with one attached hydrogen (secondary N) is 1. The van der Waals surface area contributed by atoms with Gasteiger partial charge in [0.05, 0.1) is 12.2 Å². The van der Waals surface area contributed by atoms with Gasteiger partial charge in [-0.15, -0.1) is 0 Å². The maximum absolute atomic E-state index is 11.2. The summed E-state index contributed by atoms with van der Waals surface area (Å²) >= 11 is 0. The minimum atomic E-state index is -0.567. The molecule has 0 atom stereocenters. The summed E-state index contributed by atoms with van der Waals surface area (Å²) in [6.45, 7) is 0.565. The normalized spacial score (nSPS) is 10.0. The average molecular weight is 252 g/mol. The van der Waals surface area contributed by atoms with Crippen molar-refractivity contribution in [2.45, 2.75) is 0 Å². The third kappa shape index (κ3) is 4.30. The van der Waals surface area contributed by atoms with Gasteiger partial charge in [0.2, 0.25) is 5.91 Å². The van der Waals surface area contributed by atoms with E-state index in [4.69, 9.17) is 21.9 Å². The summed E-state index contributed by atoms with van der Waals surface area (Å²) in [5, 5.41) is 2.96. The van der Waals surface area contributed by atoms with E-state index in [0.29, 0.717) is 23.5 Å². The molecule has 18 heavy (non-hydrogen) atoms. The monoisotopic (exact) mass is 252 g/mol. The number of hydrogen-bond acceptors (Lipinski definition) is 5. The summed E-state index contributed by atoms with van der Waals surface area (Å²) in [6.07, 6.45) is 0. The summed E-state index contributed by atoms with van der Waals surface area (Å²) in [4.78, 5) is 21.6. The first kappa shape index (κ1) is 13.8. The van der Waals surface area contributed by atoms with Crippen LogP contribution < -0.4 is 22.5 Å². The fourth-order valence-electron chi connectivity index (χ4n) is 1.35. The maximum atomic E-state index is 11.2. The van der Waals surface area contributed by atoms with E-state index in [1.165, 1.54) is 6.07 Å². The summed E-state index contributed by atoms with van der Waals surface area (Å²) in [6, 6.07) is 4.80. The van der Waals surface area contributed by atoms with E-state index in [2.05, 4.69) is 5.32 Å². The standard InChI is InChI=1S/C11H16N4O3/c12-7-1-2-9(8(5-7)11(14)17)15-3-4-18-6-10(13)16/h1-2,5,15H,3-4,6,12H2,(H2,13,16)(H2,14,17). The molecule has 1 aromatic rings. The molecule has 1 rings (SSSR count). The van der Waals surface area contributed by atoms with Crippen LogP contribution in [0.3, 0.4) is 0 Å². The van der Waals surface area contributed by atoms with Gasteiger partial charge in [0, 0.05) is 17.9 Å². The molecule has 0 radical (unpaired) electrons. The smallest absolute Gasteiger partial charge is 0.250 e. The van der Waals surface area contributed by atoms with Gasteiger partial charge >= 0.3 is 0 Å². The van der Waals surface area contributed by atoms with Crippen LogP contribution in [0.4, 0.5) is 11.4 Å². The van der Waals surface area contributed by atoms with E-state index in [1.54, 1.807) is 12.1 Å². The highest BCUT2D eigenvalue weighted by Crippen LogP contribution is 2.17. The zero-order chi connectivity index (χ0) is 13.5. The van der Waals surface area contributed by atoms with Crippen molar-refractivity contribution in [2.75, 3.05) is 30.8 Å². The molecule has 0 aliphatic rings. The molecular formula is C11H16N4O3. The van der Waals surface area contributed by atoms with Crippen LogP contribution in [0.25, 0.3) is 0 Å². The molecule has 0 aliphatic heterocycles. The van der Waals surface area contributed by atoms with Crippen molar-refractivity contribution in [3.63, 3.8) is 0 Å². The third-order valence-corrected chi connectivity index (χ3v) is 2.12. The first-order valence-electron chi connectivity index (χ1n) is 5.30. The van der Waals surface area contributed by atoms with Gasteiger partial charge in [-0.25, -0.2) is 0 Å². The van der Waals surface area contributed by atoms with Crippen LogP contribution in [0.2, 0.25) is 0 Å². The molecule has 0 spiro atoms. The number of rotatable bonds is 7. The Morgan fingerprint density at radius 2 is 2.00 bits per heavy atom. The van der Waals surface area contributed by atoms with E-state index in [9.17, 15) is 9.59 Å². The lowest BCUT2D eigenvalue weighted by atomic mass is 10.1. The van der Waals surface area contributed by atoms with Crippen molar-refractivity contribution in [2.24, 2.45) is 11.5 Å². The van der Waals surface area contributed by atoms with Gasteiger partial charge < -0.3 is 27.3 Å². The number of amides is 2. The van der Waals surface area contributed by atoms with Gasteiger partial charge in [-0.1, -0.05) is 0 Å². The molecule has 0 aliphatic carbocycles. The molecule has 0 unspecified atom stereocenters. The number of benzene rings is 1. The lowest BCUT2D eigenvalue weighted by molar-refractivity contribution is -0.122. The Kier molecular flexibility index (Phi) is 4.94. The lowest BCUT2D eigenvalue weighted by Gasteiger charge is -2.10. The zero-order valence-corrected chi connectivity index (χ0v) is 9.81. The lowest BCUT2D eigenvalue weighted by Crippen LogP contribution is -2.21. The molecule has 7 heteroatoms. The second kappa shape index (κ2) is 6.45. The summed E-state index contributed by atoms with van der Waals surface area (Å²) in [5.41, 5.74) is 17.0. The Hall–Kier alpha value is -2.28. The van der Waals surface area contributed by atoms with Crippen LogP contribution in [0.1, 0.15) is 10.4 Å². The van der Waals surface area contributed by atoms with Crippen molar-refractivity contribution in [3.05, 3.63) is 23.8 Å². The number of carbonyl (C=O) groups excluding carboxylic acids is 2. The Morgan fingerprint density at radius 3 is 2.61 bits per heavy atom. The quantitative estimate of drug-likeness (QED) is 0.375. The number of hydrogen-bond donors (Lipinski definition) is 4. The topological polar surface area (TPSA) is 133 Å². The fourth-order valence-corrected chi connectivity index (χ4v) is 1.35. The zero-order valence-electron chi connectivity index (χ0n) is 9.81. The van der Waals surface area contributed by atoms with Gasteiger partial charge in [0.15, 0.2) is 0 Å². The van der Waals surface area contributed by atoms with Crippen molar-refractivity contribution in [1.82, 2.24) is 0 Å². The molecule has 98 valence electrons. The first-order chi connectivity index (χ1) is 8.50. The largest absolute Gasteiger partial charge is 0.399 e. The summed E-state index contributed by atoms with van der Waals surface area (Å²) < 4.78 is 4.96. The van der Waals surface area contributed by atoms with Gasteiger partial charge in [-0.2, -0.15) is 0 Å². The second-order valence-corrected chi connectivity index (χ2v) is 3.61. The van der Waals surface area contributed by atoms with Crippen LogP contribution in [0.5, 0.6) is 0 Å². The minimum absolute atomic E-state index is 0.133. The number of nitrogen functional groups attached to an aromatic ring is 1.